The second kappa shape index (κ2) is 29.8. The molecule has 0 heterocycles. The van der Waals surface area contributed by atoms with Crippen LogP contribution in [0, 0.1) is 0 Å². The fourth-order valence-corrected chi connectivity index (χ4v) is 0.407. The molecule has 0 saturated carbocycles. The van der Waals surface area contributed by atoms with Gasteiger partial charge >= 0.3 is 5.97 Å². The Labute approximate surface area is 111 Å². The molecule has 0 rings (SSSR count). The Morgan fingerprint density at radius 3 is 1.17 bits per heavy atom. The molecule has 112 valence electrons. The van der Waals surface area contributed by atoms with E-state index in [-0.39, 0.29) is 18.4 Å². The molecule has 0 spiro atoms. The van der Waals surface area contributed by atoms with Gasteiger partial charge in [0, 0.05) is 26.7 Å². The Bertz CT molecular complexity index is 151. The lowest BCUT2D eigenvalue weighted by atomic mass is 10.6. The summed E-state index contributed by atoms with van der Waals surface area (Å²) in [5.74, 6) is -0.0440. The van der Waals surface area contributed by atoms with E-state index in [4.69, 9.17) is 9.84 Å². The van der Waals surface area contributed by atoms with Crippen LogP contribution in [0.4, 0.5) is 0 Å². The van der Waals surface area contributed by atoms with Crippen LogP contribution in [-0.2, 0) is 19.1 Å². The van der Waals surface area contributed by atoms with Gasteiger partial charge in [-0.05, 0) is 41.5 Å². The lowest BCUT2D eigenvalue weighted by Crippen LogP contribution is -1.95. The molecule has 5 heteroatoms. The van der Waals surface area contributed by atoms with E-state index >= 15 is 0 Å². The number of ketones is 1. The summed E-state index contributed by atoms with van der Waals surface area (Å²) in [5, 5.41) is 7.57. The summed E-state index contributed by atoms with van der Waals surface area (Å²) < 4.78 is 9.24. The van der Waals surface area contributed by atoms with E-state index < -0.39 is 0 Å². The third-order valence-corrected chi connectivity index (χ3v) is 0.756. The molecule has 0 radical (unpaired) electrons. The van der Waals surface area contributed by atoms with Crippen molar-refractivity contribution in [1.29, 1.82) is 0 Å². The number of aliphatic hydroxyl groups is 1. The SMILES string of the molecule is CC(C)=O.CCO.CCOC(C)=O.CCOCC. The minimum Gasteiger partial charge on any atom is -0.466 e. The summed E-state index contributed by atoms with van der Waals surface area (Å²) in [7, 11) is 0. The first kappa shape index (κ1) is 25.8. The molecular formula is C13H30O5. The van der Waals surface area contributed by atoms with E-state index in [1.165, 1.54) is 20.8 Å². The normalized spacial score (nSPS) is 7.33. The Morgan fingerprint density at radius 2 is 1.17 bits per heavy atom. The van der Waals surface area contributed by atoms with Crippen molar-refractivity contribution in [2.45, 2.75) is 48.5 Å². The highest BCUT2D eigenvalue weighted by Crippen LogP contribution is 1.69. The van der Waals surface area contributed by atoms with Crippen molar-refractivity contribution < 1.29 is 24.2 Å². The summed E-state index contributed by atoms with van der Waals surface area (Å²) in [6.07, 6.45) is 0. The van der Waals surface area contributed by atoms with Gasteiger partial charge in [-0.15, -0.1) is 0 Å². The highest BCUT2D eigenvalue weighted by molar-refractivity contribution is 5.72. The van der Waals surface area contributed by atoms with E-state index in [1.54, 1.807) is 13.8 Å². The Hall–Kier alpha value is -0.940. The number of rotatable bonds is 3. The van der Waals surface area contributed by atoms with Gasteiger partial charge in [0.1, 0.15) is 5.78 Å². The largest absolute Gasteiger partial charge is 0.466 e. The van der Waals surface area contributed by atoms with Gasteiger partial charge in [0.2, 0.25) is 0 Å². The molecule has 0 unspecified atom stereocenters. The van der Waals surface area contributed by atoms with Crippen LogP contribution in [-0.4, -0.2) is 43.3 Å². The fraction of sp³-hybridized carbons (Fsp3) is 0.846. The van der Waals surface area contributed by atoms with E-state index in [0.29, 0.717) is 6.61 Å². The smallest absolute Gasteiger partial charge is 0.302 e. The topological polar surface area (TPSA) is 72.8 Å². The summed E-state index contributed by atoms with van der Waals surface area (Å²) >= 11 is 0. The lowest BCUT2D eigenvalue weighted by Gasteiger charge is -1.89. The quantitative estimate of drug-likeness (QED) is 0.793. The van der Waals surface area contributed by atoms with Gasteiger partial charge in [-0.3, -0.25) is 4.79 Å². The third-order valence-electron chi connectivity index (χ3n) is 0.756. The molecule has 0 aromatic carbocycles. The molecule has 1 N–H and O–H groups in total. The number of aliphatic hydroxyl groups excluding tert-OH is 1. The predicted molar refractivity (Wildman–Crippen MR) is 73.6 cm³/mol. The van der Waals surface area contributed by atoms with Crippen molar-refractivity contribution >= 4 is 11.8 Å². The van der Waals surface area contributed by atoms with Crippen molar-refractivity contribution in [3.63, 3.8) is 0 Å². The maximum Gasteiger partial charge on any atom is 0.302 e. The standard InChI is InChI=1S/C4H8O2.C4H10O.C3H6O.C2H6O/c1-3-6-4(2)5;1-3-5-4-2;1-3(2)4;1-2-3/h3H2,1-2H3;3-4H2,1-2H3;1-2H3;3H,2H2,1H3. The summed E-state index contributed by atoms with van der Waals surface area (Å²) in [6, 6.07) is 0. The lowest BCUT2D eigenvalue weighted by molar-refractivity contribution is -0.140. The van der Waals surface area contributed by atoms with Crippen molar-refractivity contribution in [2.24, 2.45) is 0 Å². The maximum atomic E-state index is 9.82. The highest BCUT2D eigenvalue weighted by atomic mass is 16.5. The van der Waals surface area contributed by atoms with Gasteiger partial charge in [0.05, 0.1) is 6.61 Å². The average molecular weight is 266 g/mol. The van der Waals surface area contributed by atoms with E-state index in [1.807, 2.05) is 13.8 Å². The molecule has 5 nitrogen and oxygen atoms in total. The van der Waals surface area contributed by atoms with E-state index in [2.05, 4.69) is 4.74 Å². The summed E-state index contributed by atoms with van der Waals surface area (Å²) in [4.78, 5) is 19.3. The van der Waals surface area contributed by atoms with Crippen molar-refractivity contribution in [3.05, 3.63) is 0 Å². The molecule has 18 heavy (non-hydrogen) atoms. The number of carbonyl (C=O) groups excluding carboxylic acids is 2. The molecule has 0 amide bonds. The minimum atomic E-state index is -0.211. The van der Waals surface area contributed by atoms with Gasteiger partial charge in [0.15, 0.2) is 0 Å². The third kappa shape index (κ3) is 181. The number of carbonyl (C=O) groups is 2. The number of esters is 1. The second-order valence-corrected chi connectivity index (χ2v) is 2.93. The second-order valence-electron chi connectivity index (χ2n) is 2.93. The molecule has 0 bridgehead atoms. The van der Waals surface area contributed by atoms with Gasteiger partial charge < -0.3 is 19.4 Å². The van der Waals surface area contributed by atoms with Gasteiger partial charge in [0.25, 0.3) is 0 Å². The first-order chi connectivity index (χ1) is 8.33. The van der Waals surface area contributed by atoms with Crippen LogP contribution < -0.4 is 0 Å². The number of ether oxygens (including phenoxy) is 2. The van der Waals surface area contributed by atoms with Crippen molar-refractivity contribution in [2.75, 3.05) is 26.4 Å². The molecule has 0 fully saturated rings. The van der Waals surface area contributed by atoms with Gasteiger partial charge in [-0.25, -0.2) is 0 Å². The molecule has 0 atom stereocenters. The van der Waals surface area contributed by atoms with Crippen LogP contribution in [0.1, 0.15) is 48.5 Å². The molecule has 0 aliphatic rings. The maximum absolute atomic E-state index is 9.82. The zero-order chi connectivity index (χ0) is 15.4. The van der Waals surface area contributed by atoms with Crippen LogP contribution in [0.2, 0.25) is 0 Å². The monoisotopic (exact) mass is 266 g/mol. The molecule has 0 aliphatic heterocycles. The first-order valence-corrected chi connectivity index (χ1v) is 6.12. The zero-order valence-electron chi connectivity index (χ0n) is 12.9. The van der Waals surface area contributed by atoms with Crippen molar-refractivity contribution in [3.8, 4) is 0 Å². The molecule has 0 aromatic rings. The highest BCUT2D eigenvalue weighted by Gasteiger charge is 1.81. The molecule has 0 aromatic heterocycles. The summed E-state index contributed by atoms with van der Waals surface area (Å²) in [6.45, 7) is 14.3. The van der Waals surface area contributed by atoms with Crippen LogP contribution in [0.3, 0.4) is 0 Å². The predicted octanol–water partition coefficient (Wildman–Crippen LogP) is 2.21. The number of hydrogen-bond donors (Lipinski definition) is 1. The Morgan fingerprint density at radius 1 is 0.889 bits per heavy atom. The molecule has 0 saturated heterocycles. The zero-order valence-corrected chi connectivity index (χ0v) is 12.9. The van der Waals surface area contributed by atoms with Gasteiger partial charge in [-0.2, -0.15) is 0 Å². The Kier molecular flexibility index (Phi) is 42.7. The summed E-state index contributed by atoms with van der Waals surface area (Å²) in [5.41, 5.74) is 0. The minimum absolute atomic E-state index is 0.167. The molecule has 0 aliphatic carbocycles. The first-order valence-electron chi connectivity index (χ1n) is 6.12. The fourth-order valence-electron chi connectivity index (χ4n) is 0.407. The number of hydrogen-bond acceptors (Lipinski definition) is 5. The van der Waals surface area contributed by atoms with Crippen molar-refractivity contribution in [1.82, 2.24) is 0 Å². The molecular weight excluding hydrogens is 236 g/mol. The van der Waals surface area contributed by atoms with E-state index in [9.17, 15) is 9.59 Å². The number of Topliss-reactive ketones (excluding diaryl/α,β-unsaturated/α-hetero) is 1. The van der Waals surface area contributed by atoms with Gasteiger partial charge in [-0.1, -0.05) is 0 Å². The van der Waals surface area contributed by atoms with E-state index in [0.717, 1.165) is 13.2 Å². The average Bonchev–Trinajstić information content (AvgIpc) is 2.19. The Balaban J connectivity index is -0.0000000750. The van der Waals surface area contributed by atoms with Crippen LogP contribution in [0.25, 0.3) is 0 Å². The van der Waals surface area contributed by atoms with Crippen LogP contribution in [0.5, 0.6) is 0 Å². The van der Waals surface area contributed by atoms with Crippen LogP contribution >= 0.6 is 0 Å². The van der Waals surface area contributed by atoms with Crippen LogP contribution in [0.15, 0.2) is 0 Å².